The van der Waals surface area contributed by atoms with Crippen LogP contribution in [-0.2, 0) is 4.79 Å². The Morgan fingerprint density at radius 1 is 1.12 bits per heavy atom. The molecule has 7 heteroatoms. The SMILES string of the molecule is COc1ccc(NC(=O)c2ccc3c(c2)NC(=O)[C@H](C)S3)cc1OC. The van der Waals surface area contributed by atoms with Gasteiger partial charge in [-0.3, -0.25) is 9.59 Å². The highest BCUT2D eigenvalue weighted by molar-refractivity contribution is 8.00. The fourth-order valence-electron chi connectivity index (χ4n) is 2.47. The molecule has 0 radical (unpaired) electrons. The minimum atomic E-state index is -0.270. The summed E-state index contributed by atoms with van der Waals surface area (Å²) in [7, 11) is 3.09. The molecule has 0 bridgehead atoms. The minimum absolute atomic E-state index is 0.0602. The van der Waals surface area contributed by atoms with Crippen molar-refractivity contribution in [2.45, 2.75) is 17.1 Å². The van der Waals surface area contributed by atoms with Gasteiger partial charge in [0, 0.05) is 22.2 Å². The summed E-state index contributed by atoms with van der Waals surface area (Å²) in [6.07, 6.45) is 0. The molecule has 2 amide bonds. The lowest BCUT2D eigenvalue weighted by molar-refractivity contribution is -0.115. The zero-order valence-electron chi connectivity index (χ0n) is 14.1. The van der Waals surface area contributed by atoms with E-state index in [0.29, 0.717) is 28.4 Å². The summed E-state index contributed by atoms with van der Waals surface area (Å²) in [5.41, 5.74) is 1.71. The number of carbonyl (C=O) groups is 2. The lowest BCUT2D eigenvalue weighted by Crippen LogP contribution is -2.26. The average Bonchev–Trinajstić information content (AvgIpc) is 2.62. The highest BCUT2D eigenvalue weighted by Gasteiger charge is 2.23. The van der Waals surface area contributed by atoms with Gasteiger partial charge in [0.15, 0.2) is 11.5 Å². The molecule has 2 aromatic rings. The zero-order valence-corrected chi connectivity index (χ0v) is 14.9. The van der Waals surface area contributed by atoms with Crippen molar-refractivity contribution in [1.82, 2.24) is 0 Å². The van der Waals surface area contributed by atoms with Crippen molar-refractivity contribution in [3.05, 3.63) is 42.0 Å². The van der Waals surface area contributed by atoms with Crippen LogP contribution < -0.4 is 20.1 Å². The smallest absolute Gasteiger partial charge is 0.255 e. The van der Waals surface area contributed by atoms with E-state index in [0.717, 1.165) is 4.90 Å². The Labute approximate surface area is 149 Å². The van der Waals surface area contributed by atoms with Crippen LogP contribution in [0.3, 0.4) is 0 Å². The Balaban J connectivity index is 1.80. The summed E-state index contributed by atoms with van der Waals surface area (Å²) in [5.74, 6) is 0.786. The fourth-order valence-corrected chi connectivity index (χ4v) is 3.40. The molecule has 0 saturated carbocycles. The molecule has 1 aliphatic heterocycles. The average molecular weight is 358 g/mol. The maximum absolute atomic E-state index is 12.5. The Kier molecular flexibility index (Phi) is 4.85. The van der Waals surface area contributed by atoms with Gasteiger partial charge in [0.25, 0.3) is 5.91 Å². The Morgan fingerprint density at radius 2 is 1.88 bits per heavy atom. The molecular formula is C18H18N2O4S. The van der Waals surface area contributed by atoms with Crippen LogP contribution in [0.25, 0.3) is 0 Å². The predicted octanol–water partition coefficient (Wildman–Crippen LogP) is 3.39. The summed E-state index contributed by atoms with van der Waals surface area (Å²) in [6, 6.07) is 10.4. The number of amides is 2. The first kappa shape index (κ1) is 17.2. The molecule has 0 saturated heterocycles. The van der Waals surface area contributed by atoms with Gasteiger partial charge in [-0.15, -0.1) is 11.8 Å². The van der Waals surface area contributed by atoms with E-state index in [1.165, 1.54) is 18.9 Å². The molecule has 130 valence electrons. The van der Waals surface area contributed by atoms with Crippen LogP contribution in [0.15, 0.2) is 41.3 Å². The van der Waals surface area contributed by atoms with Crippen molar-refractivity contribution in [1.29, 1.82) is 0 Å². The van der Waals surface area contributed by atoms with Crippen LogP contribution in [0.1, 0.15) is 17.3 Å². The summed E-state index contributed by atoms with van der Waals surface area (Å²) in [5, 5.41) is 5.50. The van der Waals surface area contributed by atoms with Crippen LogP contribution in [0, 0.1) is 0 Å². The zero-order chi connectivity index (χ0) is 18.0. The summed E-state index contributed by atoms with van der Waals surface area (Å²) < 4.78 is 10.4. The predicted molar refractivity (Wildman–Crippen MR) is 97.9 cm³/mol. The molecule has 2 aromatic carbocycles. The third kappa shape index (κ3) is 3.56. The normalized spacial score (nSPS) is 15.8. The van der Waals surface area contributed by atoms with Crippen LogP contribution in [0.4, 0.5) is 11.4 Å². The van der Waals surface area contributed by atoms with Crippen LogP contribution in [-0.4, -0.2) is 31.3 Å². The maximum Gasteiger partial charge on any atom is 0.255 e. The van der Waals surface area contributed by atoms with Crippen molar-refractivity contribution in [3.63, 3.8) is 0 Å². The van der Waals surface area contributed by atoms with E-state index in [2.05, 4.69) is 10.6 Å². The van der Waals surface area contributed by atoms with Crippen molar-refractivity contribution in [3.8, 4) is 11.5 Å². The van der Waals surface area contributed by atoms with Crippen molar-refractivity contribution >= 4 is 35.0 Å². The van der Waals surface area contributed by atoms with Crippen LogP contribution in [0.2, 0.25) is 0 Å². The lowest BCUT2D eigenvalue weighted by Gasteiger charge is -2.21. The molecule has 0 aliphatic carbocycles. The molecule has 2 N–H and O–H groups in total. The first-order chi connectivity index (χ1) is 12.0. The van der Waals surface area contributed by atoms with E-state index < -0.39 is 0 Å². The number of rotatable bonds is 4. The number of anilines is 2. The molecule has 0 aromatic heterocycles. The highest BCUT2D eigenvalue weighted by atomic mass is 32.2. The largest absolute Gasteiger partial charge is 0.493 e. The van der Waals surface area contributed by atoms with Gasteiger partial charge in [0.1, 0.15) is 0 Å². The third-order valence-electron chi connectivity index (χ3n) is 3.81. The number of thioether (sulfide) groups is 1. The van der Waals surface area contributed by atoms with Gasteiger partial charge in [-0.2, -0.15) is 0 Å². The number of methoxy groups -OCH3 is 2. The van der Waals surface area contributed by atoms with Crippen LogP contribution >= 0.6 is 11.8 Å². The van der Waals surface area contributed by atoms with E-state index in [9.17, 15) is 9.59 Å². The quantitative estimate of drug-likeness (QED) is 0.876. The minimum Gasteiger partial charge on any atom is -0.493 e. The van der Waals surface area contributed by atoms with Gasteiger partial charge in [-0.05, 0) is 37.3 Å². The topological polar surface area (TPSA) is 76.7 Å². The number of hydrogen-bond donors (Lipinski definition) is 2. The fraction of sp³-hybridized carbons (Fsp3) is 0.222. The lowest BCUT2D eigenvalue weighted by atomic mass is 10.1. The number of hydrogen-bond acceptors (Lipinski definition) is 5. The van der Waals surface area contributed by atoms with Crippen LogP contribution in [0.5, 0.6) is 11.5 Å². The monoisotopic (exact) mass is 358 g/mol. The molecule has 0 unspecified atom stereocenters. The molecule has 1 heterocycles. The number of ether oxygens (including phenoxy) is 2. The number of nitrogens with one attached hydrogen (secondary N) is 2. The van der Waals surface area contributed by atoms with Gasteiger partial charge in [0.2, 0.25) is 5.91 Å². The number of carbonyl (C=O) groups excluding carboxylic acids is 2. The van der Waals surface area contributed by atoms with Gasteiger partial charge in [-0.25, -0.2) is 0 Å². The molecular weight excluding hydrogens is 340 g/mol. The Bertz CT molecular complexity index is 838. The van der Waals surface area contributed by atoms with E-state index in [4.69, 9.17) is 9.47 Å². The van der Waals surface area contributed by atoms with E-state index in [1.807, 2.05) is 13.0 Å². The maximum atomic E-state index is 12.5. The molecule has 0 fully saturated rings. The first-order valence-corrected chi connectivity index (χ1v) is 8.54. The molecule has 25 heavy (non-hydrogen) atoms. The van der Waals surface area contributed by atoms with Crippen molar-refractivity contribution < 1.29 is 19.1 Å². The van der Waals surface area contributed by atoms with E-state index in [-0.39, 0.29) is 17.1 Å². The second-order valence-electron chi connectivity index (χ2n) is 5.48. The van der Waals surface area contributed by atoms with Gasteiger partial charge >= 0.3 is 0 Å². The molecule has 6 nitrogen and oxygen atoms in total. The second kappa shape index (κ2) is 7.06. The van der Waals surface area contributed by atoms with Gasteiger partial charge in [0.05, 0.1) is 25.2 Å². The molecule has 1 atom stereocenters. The van der Waals surface area contributed by atoms with Gasteiger partial charge in [-0.1, -0.05) is 0 Å². The standard InChI is InChI=1S/C18H18N2O4S/c1-10-17(21)20-13-8-11(4-7-16(13)25-10)18(22)19-12-5-6-14(23-2)15(9-12)24-3/h4-10H,1-3H3,(H,19,22)(H,20,21)/t10-/m0/s1. The molecule has 3 rings (SSSR count). The summed E-state index contributed by atoms with van der Waals surface area (Å²) in [4.78, 5) is 25.3. The third-order valence-corrected chi connectivity index (χ3v) is 4.99. The number of fused-ring (bicyclic) bond motifs is 1. The van der Waals surface area contributed by atoms with Gasteiger partial charge < -0.3 is 20.1 Å². The highest BCUT2D eigenvalue weighted by Crippen LogP contribution is 2.36. The Hall–Kier alpha value is -2.67. The Morgan fingerprint density at radius 3 is 2.60 bits per heavy atom. The van der Waals surface area contributed by atoms with E-state index in [1.54, 1.807) is 37.4 Å². The van der Waals surface area contributed by atoms with Crippen molar-refractivity contribution in [2.75, 3.05) is 24.9 Å². The molecule has 1 aliphatic rings. The summed E-state index contributed by atoms with van der Waals surface area (Å²) >= 11 is 1.48. The van der Waals surface area contributed by atoms with E-state index >= 15 is 0 Å². The second-order valence-corrected chi connectivity index (χ2v) is 6.87. The number of benzene rings is 2. The molecule has 0 spiro atoms. The summed E-state index contributed by atoms with van der Waals surface area (Å²) in [6.45, 7) is 1.85. The first-order valence-electron chi connectivity index (χ1n) is 7.66. The van der Waals surface area contributed by atoms with Crippen molar-refractivity contribution in [2.24, 2.45) is 0 Å².